The van der Waals surface area contributed by atoms with Gasteiger partial charge < -0.3 is 14.9 Å². The number of carboxylic acids is 1. The van der Waals surface area contributed by atoms with E-state index >= 15 is 0 Å². The first-order valence-corrected chi connectivity index (χ1v) is 8.22. The smallest absolute Gasteiger partial charge is 0.326 e. The van der Waals surface area contributed by atoms with Crippen LogP contribution >= 0.6 is 0 Å². The molecule has 1 heterocycles. The van der Waals surface area contributed by atoms with Crippen LogP contribution in [0, 0.1) is 5.92 Å². The number of hydrogen-bond acceptors (Lipinski definition) is 2. The summed E-state index contributed by atoms with van der Waals surface area (Å²) in [6.45, 7) is 9.52. The van der Waals surface area contributed by atoms with Gasteiger partial charge in [0.05, 0.1) is 0 Å². The Morgan fingerprint density at radius 3 is 2.57 bits per heavy atom. The Kier molecular flexibility index (Phi) is 6.99. The molecule has 122 valence electrons. The zero-order valence-electron chi connectivity index (χ0n) is 13.8. The van der Waals surface area contributed by atoms with Crippen molar-refractivity contribution in [3.05, 3.63) is 0 Å². The van der Waals surface area contributed by atoms with Crippen molar-refractivity contribution >= 4 is 12.0 Å². The molecule has 5 heteroatoms. The number of aliphatic carboxylic acids is 1. The van der Waals surface area contributed by atoms with E-state index in [0.29, 0.717) is 25.4 Å². The molecule has 3 unspecified atom stereocenters. The zero-order valence-corrected chi connectivity index (χ0v) is 13.8. The van der Waals surface area contributed by atoms with Crippen molar-refractivity contribution in [1.82, 2.24) is 9.80 Å². The number of piperidine rings is 1. The molecule has 0 saturated carbocycles. The Hall–Kier alpha value is -1.26. The van der Waals surface area contributed by atoms with Gasteiger partial charge in [0.1, 0.15) is 6.04 Å². The SMILES string of the molecule is CCCCN(C(=O)N1CCC(C)CC1C(=O)O)C(C)CC. The van der Waals surface area contributed by atoms with E-state index in [1.807, 2.05) is 11.8 Å². The maximum Gasteiger partial charge on any atom is 0.326 e. The van der Waals surface area contributed by atoms with Crippen molar-refractivity contribution in [2.45, 2.75) is 71.9 Å². The topological polar surface area (TPSA) is 60.9 Å². The summed E-state index contributed by atoms with van der Waals surface area (Å²) in [7, 11) is 0. The van der Waals surface area contributed by atoms with Crippen molar-refractivity contribution < 1.29 is 14.7 Å². The largest absolute Gasteiger partial charge is 0.480 e. The third kappa shape index (κ3) is 4.61. The van der Waals surface area contributed by atoms with E-state index in [2.05, 4.69) is 20.8 Å². The summed E-state index contributed by atoms with van der Waals surface area (Å²) in [5, 5.41) is 9.42. The molecule has 0 spiro atoms. The predicted molar refractivity (Wildman–Crippen MR) is 83.3 cm³/mol. The number of nitrogens with zero attached hydrogens (tertiary/aromatic N) is 2. The molecule has 2 amide bonds. The summed E-state index contributed by atoms with van der Waals surface area (Å²) in [5.74, 6) is -0.516. The van der Waals surface area contributed by atoms with Crippen LogP contribution in [-0.4, -0.2) is 52.1 Å². The highest BCUT2D eigenvalue weighted by atomic mass is 16.4. The van der Waals surface area contributed by atoms with E-state index in [4.69, 9.17) is 0 Å². The number of carbonyl (C=O) groups is 2. The maximum atomic E-state index is 12.8. The van der Waals surface area contributed by atoms with Crippen molar-refractivity contribution in [2.24, 2.45) is 5.92 Å². The summed E-state index contributed by atoms with van der Waals surface area (Å²) < 4.78 is 0. The van der Waals surface area contributed by atoms with Gasteiger partial charge in [-0.1, -0.05) is 27.2 Å². The second-order valence-electron chi connectivity index (χ2n) is 6.26. The molecule has 21 heavy (non-hydrogen) atoms. The molecule has 0 aliphatic carbocycles. The average Bonchev–Trinajstić information content (AvgIpc) is 2.46. The van der Waals surface area contributed by atoms with Gasteiger partial charge in [0.25, 0.3) is 0 Å². The summed E-state index contributed by atoms with van der Waals surface area (Å²) >= 11 is 0. The Labute approximate surface area is 128 Å². The quantitative estimate of drug-likeness (QED) is 0.819. The van der Waals surface area contributed by atoms with E-state index in [1.54, 1.807) is 4.90 Å². The van der Waals surface area contributed by atoms with Gasteiger partial charge >= 0.3 is 12.0 Å². The van der Waals surface area contributed by atoms with Crippen LogP contribution in [0.4, 0.5) is 4.79 Å². The Morgan fingerprint density at radius 1 is 1.38 bits per heavy atom. The first-order valence-electron chi connectivity index (χ1n) is 8.22. The monoisotopic (exact) mass is 298 g/mol. The number of likely N-dealkylation sites (tertiary alicyclic amines) is 1. The van der Waals surface area contributed by atoms with Gasteiger partial charge in [-0.25, -0.2) is 9.59 Å². The van der Waals surface area contributed by atoms with E-state index in [1.165, 1.54) is 0 Å². The average molecular weight is 298 g/mol. The Bertz CT molecular complexity index is 359. The van der Waals surface area contributed by atoms with E-state index in [0.717, 1.165) is 25.7 Å². The van der Waals surface area contributed by atoms with Crippen LogP contribution < -0.4 is 0 Å². The molecule has 5 nitrogen and oxygen atoms in total. The molecular weight excluding hydrogens is 268 g/mol. The molecule has 1 aliphatic heterocycles. The molecule has 1 saturated heterocycles. The van der Waals surface area contributed by atoms with Gasteiger partial charge in [-0.3, -0.25) is 0 Å². The van der Waals surface area contributed by atoms with Gasteiger partial charge in [-0.05, 0) is 38.5 Å². The molecular formula is C16H30N2O3. The lowest BCUT2D eigenvalue weighted by Crippen LogP contribution is -2.56. The minimum absolute atomic E-state index is 0.0999. The molecule has 0 bridgehead atoms. The molecule has 0 radical (unpaired) electrons. The minimum Gasteiger partial charge on any atom is -0.480 e. The highest BCUT2D eigenvalue weighted by Gasteiger charge is 2.37. The van der Waals surface area contributed by atoms with Crippen LogP contribution in [-0.2, 0) is 4.79 Å². The van der Waals surface area contributed by atoms with Crippen molar-refractivity contribution in [1.29, 1.82) is 0 Å². The van der Waals surface area contributed by atoms with Crippen LogP contribution in [0.1, 0.15) is 59.8 Å². The summed E-state index contributed by atoms with van der Waals surface area (Å²) in [6.07, 6.45) is 4.32. The number of unbranched alkanes of at least 4 members (excludes halogenated alkanes) is 1. The van der Waals surface area contributed by atoms with Crippen LogP contribution in [0.15, 0.2) is 0 Å². The summed E-state index contributed by atoms with van der Waals surface area (Å²) in [5.41, 5.74) is 0. The molecule has 0 aromatic rings. The van der Waals surface area contributed by atoms with Crippen LogP contribution in [0.5, 0.6) is 0 Å². The lowest BCUT2D eigenvalue weighted by Gasteiger charge is -2.40. The number of amides is 2. The van der Waals surface area contributed by atoms with Crippen LogP contribution in [0.3, 0.4) is 0 Å². The number of urea groups is 1. The minimum atomic E-state index is -0.880. The van der Waals surface area contributed by atoms with Gasteiger partial charge in [-0.2, -0.15) is 0 Å². The number of carbonyl (C=O) groups excluding carboxylic acids is 1. The highest BCUT2D eigenvalue weighted by Crippen LogP contribution is 2.25. The van der Waals surface area contributed by atoms with Crippen molar-refractivity contribution in [3.63, 3.8) is 0 Å². The van der Waals surface area contributed by atoms with Crippen LogP contribution in [0.25, 0.3) is 0 Å². The molecule has 3 atom stereocenters. The predicted octanol–water partition coefficient (Wildman–Crippen LogP) is 3.19. The lowest BCUT2D eigenvalue weighted by molar-refractivity contribution is -0.144. The number of rotatable bonds is 6. The Morgan fingerprint density at radius 2 is 2.05 bits per heavy atom. The maximum absolute atomic E-state index is 12.8. The fourth-order valence-corrected chi connectivity index (χ4v) is 2.82. The van der Waals surface area contributed by atoms with Gasteiger partial charge in [0.2, 0.25) is 0 Å². The highest BCUT2D eigenvalue weighted by molar-refractivity contribution is 5.83. The first-order chi connectivity index (χ1) is 9.92. The lowest BCUT2D eigenvalue weighted by atomic mass is 9.92. The summed E-state index contributed by atoms with van der Waals surface area (Å²) in [6, 6.07) is -0.621. The van der Waals surface area contributed by atoms with Crippen molar-refractivity contribution in [2.75, 3.05) is 13.1 Å². The van der Waals surface area contributed by atoms with Crippen molar-refractivity contribution in [3.8, 4) is 0 Å². The first kappa shape index (κ1) is 17.8. The molecule has 0 aromatic heterocycles. The van der Waals surface area contributed by atoms with E-state index in [9.17, 15) is 14.7 Å². The number of carboxylic acid groups (broad SMARTS) is 1. The summed E-state index contributed by atoms with van der Waals surface area (Å²) in [4.78, 5) is 27.7. The van der Waals surface area contributed by atoms with E-state index < -0.39 is 12.0 Å². The fourth-order valence-electron chi connectivity index (χ4n) is 2.82. The second kappa shape index (κ2) is 8.25. The Balaban J connectivity index is 2.86. The van der Waals surface area contributed by atoms with Crippen LogP contribution in [0.2, 0.25) is 0 Å². The molecule has 0 aromatic carbocycles. The van der Waals surface area contributed by atoms with Gasteiger partial charge in [0.15, 0.2) is 0 Å². The molecule has 1 aliphatic rings. The fraction of sp³-hybridized carbons (Fsp3) is 0.875. The normalized spacial score (nSPS) is 23.7. The van der Waals surface area contributed by atoms with Gasteiger partial charge in [0, 0.05) is 19.1 Å². The van der Waals surface area contributed by atoms with E-state index in [-0.39, 0.29) is 12.1 Å². The number of hydrogen-bond donors (Lipinski definition) is 1. The molecule has 1 rings (SSSR count). The zero-order chi connectivity index (χ0) is 16.0. The molecule has 1 N–H and O–H groups in total. The second-order valence-corrected chi connectivity index (χ2v) is 6.26. The van der Waals surface area contributed by atoms with Gasteiger partial charge in [-0.15, -0.1) is 0 Å². The molecule has 1 fully saturated rings. The standard InChI is InChI=1S/C16H30N2O3/c1-5-7-9-17(13(4)6-2)16(21)18-10-8-12(3)11-14(18)15(19)20/h12-14H,5-11H2,1-4H3,(H,19,20). The third-order valence-electron chi connectivity index (χ3n) is 4.52. The third-order valence-corrected chi connectivity index (χ3v) is 4.52.